The summed E-state index contributed by atoms with van der Waals surface area (Å²) < 4.78 is 25.3. The molecular weight excluding hydrogens is 388 g/mol. The molecule has 1 N–H and O–H groups in total. The number of oxime groups is 1. The molecule has 2 aromatic carbocycles. The Bertz CT molecular complexity index is 938. The lowest BCUT2D eigenvalue weighted by Crippen LogP contribution is -2.39. The summed E-state index contributed by atoms with van der Waals surface area (Å²) in [4.78, 5) is 5.45. The fourth-order valence-corrected chi connectivity index (χ4v) is 4.24. The lowest BCUT2D eigenvalue weighted by atomic mass is 10.1. The van der Waals surface area contributed by atoms with E-state index in [0.29, 0.717) is 12.5 Å². The number of hydrogen-bond donors (Lipinski definition) is 1. The van der Waals surface area contributed by atoms with Gasteiger partial charge in [0.15, 0.2) is 0 Å². The first-order valence-electron chi connectivity index (χ1n) is 9.79. The van der Waals surface area contributed by atoms with Crippen LogP contribution in [0.4, 0.5) is 0 Å². The second-order valence-corrected chi connectivity index (χ2v) is 9.77. The van der Waals surface area contributed by atoms with Gasteiger partial charge in [0.25, 0.3) is 0 Å². The molecule has 2 aromatic rings. The van der Waals surface area contributed by atoms with Gasteiger partial charge in [-0.1, -0.05) is 67.5 Å². The quantitative estimate of drug-likeness (QED) is 0.544. The molecule has 0 amide bonds. The van der Waals surface area contributed by atoms with Crippen LogP contribution in [-0.2, 0) is 14.9 Å². The fraction of sp³-hybridized carbons (Fsp3) is 0.409. The molecule has 156 valence electrons. The van der Waals surface area contributed by atoms with E-state index >= 15 is 0 Å². The van der Waals surface area contributed by atoms with E-state index in [1.54, 1.807) is 0 Å². The molecule has 1 aliphatic rings. The molecule has 0 bridgehead atoms. The van der Waals surface area contributed by atoms with Crippen LogP contribution in [0.1, 0.15) is 31.4 Å². The van der Waals surface area contributed by atoms with Crippen molar-refractivity contribution < 1.29 is 18.4 Å². The highest BCUT2D eigenvalue weighted by molar-refractivity contribution is 7.88. The molecular formula is C22H28N2O4S. The Hall–Kier alpha value is -2.22. The maximum absolute atomic E-state index is 12.0. The summed E-state index contributed by atoms with van der Waals surface area (Å²) in [6.45, 7) is 4.36. The molecule has 1 atom stereocenters. The van der Waals surface area contributed by atoms with Gasteiger partial charge in [-0.15, -0.1) is 0 Å². The van der Waals surface area contributed by atoms with E-state index in [9.17, 15) is 13.5 Å². The van der Waals surface area contributed by atoms with Crippen molar-refractivity contribution in [2.75, 3.05) is 26.0 Å². The lowest BCUT2D eigenvalue weighted by Gasteiger charge is -2.23. The van der Waals surface area contributed by atoms with Crippen molar-refractivity contribution in [3.8, 4) is 11.1 Å². The van der Waals surface area contributed by atoms with Crippen LogP contribution in [0.15, 0.2) is 53.7 Å². The molecule has 0 spiro atoms. The van der Waals surface area contributed by atoms with Crippen LogP contribution < -0.4 is 0 Å². The first kappa shape index (κ1) is 21.5. The number of hydrogen-bond acceptors (Lipinski definition) is 5. The summed E-state index contributed by atoms with van der Waals surface area (Å²) in [5.74, 6) is 0.376. The molecule has 3 rings (SSSR count). The minimum atomic E-state index is -3.39. The van der Waals surface area contributed by atoms with Gasteiger partial charge in [-0.05, 0) is 23.5 Å². The zero-order valence-electron chi connectivity index (χ0n) is 17.1. The van der Waals surface area contributed by atoms with Gasteiger partial charge in [0.2, 0.25) is 10.0 Å². The van der Waals surface area contributed by atoms with Gasteiger partial charge < -0.3 is 9.94 Å². The predicted molar refractivity (Wildman–Crippen MR) is 115 cm³/mol. The van der Waals surface area contributed by atoms with Gasteiger partial charge in [-0.25, -0.2) is 8.42 Å². The molecule has 1 unspecified atom stereocenters. The Morgan fingerprint density at radius 2 is 1.52 bits per heavy atom. The monoisotopic (exact) mass is 416 g/mol. The molecule has 0 radical (unpaired) electrons. The van der Waals surface area contributed by atoms with E-state index < -0.39 is 16.1 Å². The maximum Gasteiger partial charge on any atom is 0.211 e. The van der Waals surface area contributed by atoms with E-state index in [1.807, 2.05) is 62.4 Å². The molecule has 1 aliphatic carbocycles. The van der Waals surface area contributed by atoms with Gasteiger partial charge in [-0.2, -0.15) is 4.31 Å². The molecule has 0 saturated carbocycles. The first-order valence-corrected chi connectivity index (χ1v) is 11.6. The van der Waals surface area contributed by atoms with Crippen LogP contribution in [0.3, 0.4) is 0 Å². The van der Waals surface area contributed by atoms with Crippen molar-refractivity contribution in [3.63, 3.8) is 0 Å². The van der Waals surface area contributed by atoms with E-state index in [1.165, 1.54) is 4.31 Å². The summed E-state index contributed by atoms with van der Waals surface area (Å²) in [6.07, 6.45) is 0.928. The second-order valence-electron chi connectivity index (χ2n) is 7.78. The zero-order valence-corrected chi connectivity index (χ0v) is 17.9. The third kappa shape index (κ3) is 5.23. The summed E-state index contributed by atoms with van der Waals surface area (Å²) in [7, 11) is -3.39. The van der Waals surface area contributed by atoms with Crippen LogP contribution >= 0.6 is 0 Å². The van der Waals surface area contributed by atoms with Crippen LogP contribution in [0.2, 0.25) is 0 Å². The highest BCUT2D eigenvalue weighted by Gasteiger charge is 2.25. The molecule has 0 heterocycles. The average Bonchev–Trinajstić information content (AvgIpc) is 2.98. The van der Waals surface area contributed by atoms with Crippen LogP contribution in [0.25, 0.3) is 11.1 Å². The third-order valence-corrected chi connectivity index (χ3v) is 6.19. The zero-order chi connectivity index (χ0) is 21.0. The minimum absolute atomic E-state index is 0.0103. The standard InChI is InChI=1S/C22H28N2O4S/c1-16(2)12-13-24(29(3,26)27)14-17(25)15-28-23-22-20-10-6-4-8-18(20)19-9-5-7-11-21(19)22/h4-11,16-17,25H,12-15H2,1-3H3. The van der Waals surface area contributed by atoms with Crippen molar-refractivity contribution >= 4 is 15.7 Å². The number of nitrogens with zero attached hydrogens (tertiary/aromatic N) is 2. The van der Waals surface area contributed by atoms with E-state index in [4.69, 9.17) is 4.84 Å². The first-order chi connectivity index (χ1) is 13.8. The third-order valence-electron chi connectivity index (χ3n) is 4.92. The second kappa shape index (κ2) is 9.07. The minimum Gasteiger partial charge on any atom is -0.392 e. The Morgan fingerprint density at radius 1 is 1.00 bits per heavy atom. The molecule has 29 heavy (non-hydrogen) atoms. The van der Waals surface area contributed by atoms with Crippen LogP contribution in [0, 0.1) is 5.92 Å². The van der Waals surface area contributed by atoms with Gasteiger partial charge >= 0.3 is 0 Å². The molecule has 7 heteroatoms. The van der Waals surface area contributed by atoms with E-state index in [-0.39, 0.29) is 13.2 Å². The smallest absolute Gasteiger partial charge is 0.211 e. The normalized spacial score (nSPS) is 14.1. The van der Waals surface area contributed by atoms with Crippen molar-refractivity contribution in [3.05, 3.63) is 59.7 Å². The lowest BCUT2D eigenvalue weighted by molar-refractivity contribution is 0.0306. The average molecular weight is 417 g/mol. The van der Waals surface area contributed by atoms with Gasteiger partial charge in [0, 0.05) is 24.2 Å². The van der Waals surface area contributed by atoms with Crippen molar-refractivity contribution in [2.24, 2.45) is 11.1 Å². The number of benzene rings is 2. The topological polar surface area (TPSA) is 79.2 Å². The summed E-state index contributed by atoms with van der Waals surface area (Å²) in [5.41, 5.74) is 4.89. The van der Waals surface area contributed by atoms with Crippen LogP contribution in [0.5, 0.6) is 0 Å². The van der Waals surface area contributed by atoms with Gasteiger partial charge in [0.1, 0.15) is 18.4 Å². The van der Waals surface area contributed by atoms with Crippen molar-refractivity contribution in [1.82, 2.24) is 4.31 Å². The molecule has 6 nitrogen and oxygen atoms in total. The summed E-state index contributed by atoms with van der Waals surface area (Å²) in [5, 5.41) is 14.6. The van der Waals surface area contributed by atoms with Crippen LogP contribution in [-0.4, -0.2) is 55.6 Å². The SMILES string of the molecule is CC(C)CCN(CC(O)CON=C1c2ccccc2-c2ccccc21)S(C)(=O)=O. The fourth-order valence-electron chi connectivity index (χ4n) is 3.36. The number of aliphatic hydroxyl groups excluding tert-OH is 1. The van der Waals surface area contributed by atoms with Gasteiger partial charge in [-0.3, -0.25) is 0 Å². The van der Waals surface area contributed by atoms with E-state index in [2.05, 4.69) is 5.16 Å². The highest BCUT2D eigenvalue weighted by atomic mass is 32.2. The molecule has 0 aliphatic heterocycles. The molecule has 0 aromatic heterocycles. The number of aliphatic hydroxyl groups is 1. The Balaban J connectivity index is 1.68. The molecule has 0 saturated heterocycles. The Labute approximate surface area is 172 Å². The summed E-state index contributed by atoms with van der Waals surface area (Å²) in [6, 6.07) is 16.0. The Morgan fingerprint density at radius 3 is 2.00 bits per heavy atom. The predicted octanol–water partition coefficient (Wildman–Crippen LogP) is 3.10. The number of fused-ring (bicyclic) bond motifs is 3. The Kier molecular flexibility index (Phi) is 6.72. The van der Waals surface area contributed by atoms with E-state index in [0.717, 1.165) is 40.6 Å². The van der Waals surface area contributed by atoms with Crippen molar-refractivity contribution in [2.45, 2.75) is 26.4 Å². The molecule has 0 fully saturated rings. The number of rotatable bonds is 9. The largest absolute Gasteiger partial charge is 0.392 e. The number of sulfonamides is 1. The summed E-state index contributed by atoms with van der Waals surface area (Å²) >= 11 is 0. The van der Waals surface area contributed by atoms with Crippen molar-refractivity contribution in [1.29, 1.82) is 0 Å². The van der Waals surface area contributed by atoms with Gasteiger partial charge in [0.05, 0.1) is 6.26 Å². The highest BCUT2D eigenvalue weighted by Crippen LogP contribution is 2.36. The maximum atomic E-state index is 12.0.